The minimum Gasteiger partial charge on any atom is -0.317 e. The lowest BCUT2D eigenvalue weighted by Gasteiger charge is -2.22. The minimum absolute atomic E-state index is 0.717. The van der Waals surface area contributed by atoms with Crippen LogP contribution in [0, 0.1) is 0 Å². The van der Waals surface area contributed by atoms with Crippen LogP contribution in [-0.4, -0.2) is 22.9 Å². The molecule has 1 aliphatic carbocycles. The molecule has 3 rings (SSSR count). The molecule has 0 radical (unpaired) electrons. The van der Waals surface area contributed by atoms with Gasteiger partial charge in [-0.3, -0.25) is 4.68 Å². The van der Waals surface area contributed by atoms with Crippen molar-refractivity contribution in [3.8, 4) is 0 Å². The number of aryl methyl sites for hydroxylation is 1. The van der Waals surface area contributed by atoms with E-state index in [2.05, 4.69) is 17.0 Å². The SMILES string of the molecule is Cn1nc(C2CCNCC2)c2c1CCCC2. The first kappa shape index (κ1) is 10.3. The molecule has 0 aromatic carbocycles. The van der Waals surface area contributed by atoms with Crippen LogP contribution in [0.25, 0.3) is 0 Å². The van der Waals surface area contributed by atoms with Crippen LogP contribution in [0.1, 0.15) is 48.6 Å². The lowest BCUT2D eigenvalue weighted by Crippen LogP contribution is -2.27. The predicted molar refractivity (Wildman–Crippen MR) is 64.7 cm³/mol. The first-order chi connectivity index (χ1) is 7.86. The van der Waals surface area contributed by atoms with Gasteiger partial charge in [0, 0.05) is 18.7 Å². The van der Waals surface area contributed by atoms with Gasteiger partial charge in [-0.15, -0.1) is 0 Å². The highest BCUT2D eigenvalue weighted by Gasteiger charge is 2.25. The van der Waals surface area contributed by atoms with Crippen molar-refractivity contribution in [3.63, 3.8) is 0 Å². The van der Waals surface area contributed by atoms with Gasteiger partial charge in [0.05, 0.1) is 5.69 Å². The second-order valence-corrected chi connectivity index (χ2v) is 5.17. The van der Waals surface area contributed by atoms with Gasteiger partial charge in [0.25, 0.3) is 0 Å². The van der Waals surface area contributed by atoms with Crippen molar-refractivity contribution in [3.05, 3.63) is 17.0 Å². The maximum atomic E-state index is 4.80. The van der Waals surface area contributed by atoms with Crippen LogP contribution in [-0.2, 0) is 19.9 Å². The van der Waals surface area contributed by atoms with Crippen LogP contribution in [0.15, 0.2) is 0 Å². The molecule has 2 heterocycles. The van der Waals surface area contributed by atoms with Crippen LogP contribution in [0.4, 0.5) is 0 Å². The maximum absolute atomic E-state index is 4.80. The van der Waals surface area contributed by atoms with Gasteiger partial charge in [0.15, 0.2) is 0 Å². The van der Waals surface area contributed by atoms with E-state index in [0.29, 0.717) is 5.92 Å². The van der Waals surface area contributed by atoms with Crippen molar-refractivity contribution < 1.29 is 0 Å². The summed E-state index contributed by atoms with van der Waals surface area (Å²) in [7, 11) is 2.12. The van der Waals surface area contributed by atoms with Crippen LogP contribution < -0.4 is 5.32 Å². The average molecular weight is 219 g/mol. The molecule has 1 saturated heterocycles. The van der Waals surface area contributed by atoms with Gasteiger partial charge in [-0.1, -0.05) is 0 Å². The molecule has 0 unspecified atom stereocenters. The predicted octanol–water partition coefficient (Wildman–Crippen LogP) is 1.77. The average Bonchev–Trinajstić information content (AvgIpc) is 2.69. The Labute approximate surface area is 97.2 Å². The van der Waals surface area contributed by atoms with Crippen molar-refractivity contribution in [2.75, 3.05) is 13.1 Å². The fraction of sp³-hybridized carbons (Fsp3) is 0.769. The molecule has 0 spiro atoms. The zero-order valence-corrected chi connectivity index (χ0v) is 10.1. The first-order valence-corrected chi connectivity index (χ1v) is 6.61. The number of hydrogen-bond donors (Lipinski definition) is 1. The summed E-state index contributed by atoms with van der Waals surface area (Å²) in [5.74, 6) is 0.717. The molecular weight excluding hydrogens is 198 g/mol. The Morgan fingerprint density at radius 2 is 1.94 bits per heavy atom. The van der Waals surface area contributed by atoms with Crippen LogP contribution in [0.2, 0.25) is 0 Å². The van der Waals surface area contributed by atoms with Crippen molar-refractivity contribution in [1.29, 1.82) is 0 Å². The molecule has 3 heteroatoms. The highest BCUT2D eigenvalue weighted by Crippen LogP contribution is 2.32. The molecule has 3 nitrogen and oxygen atoms in total. The largest absolute Gasteiger partial charge is 0.317 e. The summed E-state index contributed by atoms with van der Waals surface area (Å²) in [6, 6.07) is 0. The molecule has 0 amide bonds. The Bertz CT molecular complexity index is 375. The summed E-state index contributed by atoms with van der Waals surface area (Å²) < 4.78 is 2.14. The van der Waals surface area contributed by atoms with E-state index in [1.54, 1.807) is 5.56 Å². The summed E-state index contributed by atoms with van der Waals surface area (Å²) >= 11 is 0. The van der Waals surface area contributed by atoms with Gasteiger partial charge >= 0.3 is 0 Å². The molecule has 16 heavy (non-hydrogen) atoms. The Kier molecular flexibility index (Phi) is 2.72. The number of fused-ring (bicyclic) bond motifs is 1. The summed E-state index contributed by atoms with van der Waals surface area (Å²) in [5, 5.41) is 8.24. The van der Waals surface area contributed by atoms with Crippen molar-refractivity contribution >= 4 is 0 Å². The minimum atomic E-state index is 0.717. The van der Waals surface area contributed by atoms with Crippen molar-refractivity contribution in [2.24, 2.45) is 7.05 Å². The van der Waals surface area contributed by atoms with Gasteiger partial charge in [0.2, 0.25) is 0 Å². The molecule has 88 valence electrons. The van der Waals surface area contributed by atoms with Gasteiger partial charge in [-0.05, 0) is 57.2 Å². The smallest absolute Gasteiger partial charge is 0.0691 e. The van der Waals surface area contributed by atoms with E-state index in [4.69, 9.17) is 5.10 Å². The molecule has 1 N–H and O–H groups in total. The number of hydrogen-bond acceptors (Lipinski definition) is 2. The first-order valence-electron chi connectivity index (χ1n) is 6.61. The highest BCUT2D eigenvalue weighted by molar-refractivity contribution is 5.31. The zero-order valence-electron chi connectivity index (χ0n) is 10.1. The fourth-order valence-corrected chi connectivity index (χ4v) is 3.23. The Morgan fingerprint density at radius 3 is 2.75 bits per heavy atom. The highest BCUT2D eigenvalue weighted by atomic mass is 15.3. The standard InChI is InChI=1S/C13H21N3/c1-16-12-5-3-2-4-11(12)13(15-16)10-6-8-14-9-7-10/h10,14H,2-9H2,1H3. The number of piperidine rings is 1. The molecule has 0 atom stereocenters. The van der Waals surface area contributed by atoms with Crippen molar-refractivity contribution in [1.82, 2.24) is 15.1 Å². The number of aromatic nitrogens is 2. The Hall–Kier alpha value is -0.830. The molecular formula is C13H21N3. The Morgan fingerprint density at radius 1 is 1.19 bits per heavy atom. The number of nitrogens with zero attached hydrogens (tertiary/aromatic N) is 2. The van der Waals surface area contributed by atoms with E-state index in [0.717, 1.165) is 13.1 Å². The van der Waals surface area contributed by atoms with Crippen LogP contribution in [0.3, 0.4) is 0 Å². The molecule has 1 aromatic rings. The molecule has 0 saturated carbocycles. The number of rotatable bonds is 1. The second kappa shape index (κ2) is 4.21. The lowest BCUT2D eigenvalue weighted by atomic mass is 9.87. The van der Waals surface area contributed by atoms with Crippen LogP contribution in [0.5, 0.6) is 0 Å². The van der Waals surface area contributed by atoms with Gasteiger partial charge in [-0.25, -0.2) is 0 Å². The van der Waals surface area contributed by atoms with E-state index in [1.807, 2.05) is 0 Å². The van der Waals surface area contributed by atoms with Crippen LogP contribution >= 0.6 is 0 Å². The third-order valence-electron chi connectivity index (χ3n) is 4.12. The normalized spacial score (nSPS) is 22.1. The van der Waals surface area contributed by atoms with Crippen molar-refractivity contribution in [2.45, 2.75) is 44.4 Å². The van der Waals surface area contributed by atoms with E-state index in [9.17, 15) is 0 Å². The van der Waals surface area contributed by atoms with E-state index in [-0.39, 0.29) is 0 Å². The third kappa shape index (κ3) is 1.67. The van der Waals surface area contributed by atoms with Gasteiger partial charge in [-0.2, -0.15) is 5.10 Å². The second-order valence-electron chi connectivity index (χ2n) is 5.17. The summed E-state index contributed by atoms with van der Waals surface area (Å²) in [6.45, 7) is 2.33. The monoisotopic (exact) mass is 219 g/mol. The van der Waals surface area contributed by atoms with Gasteiger partial charge in [0.1, 0.15) is 0 Å². The van der Waals surface area contributed by atoms with E-state index < -0.39 is 0 Å². The molecule has 1 aromatic heterocycles. The summed E-state index contributed by atoms with van der Waals surface area (Å²) in [5.41, 5.74) is 4.54. The van der Waals surface area contributed by atoms with E-state index >= 15 is 0 Å². The summed E-state index contributed by atoms with van der Waals surface area (Å²) in [6.07, 6.45) is 7.74. The maximum Gasteiger partial charge on any atom is 0.0691 e. The molecule has 2 aliphatic rings. The summed E-state index contributed by atoms with van der Waals surface area (Å²) in [4.78, 5) is 0. The fourth-order valence-electron chi connectivity index (χ4n) is 3.23. The zero-order chi connectivity index (χ0) is 11.0. The molecule has 0 bridgehead atoms. The quantitative estimate of drug-likeness (QED) is 0.780. The molecule has 1 fully saturated rings. The Balaban J connectivity index is 1.93. The van der Waals surface area contributed by atoms with Gasteiger partial charge < -0.3 is 5.32 Å². The topological polar surface area (TPSA) is 29.9 Å². The molecule has 1 aliphatic heterocycles. The van der Waals surface area contributed by atoms with E-state index in [1.165, 1.54) is 49.9 Å². The third-order valence-corrected chi connectivity index (χ3v) is 4.12. The lowest BCUT2D eigenvalue weighted by molar-refractivity contribution is 0.448. The number of nitrogens with one attached hydrogen (secondary N) is 1.